The third-order valence-corrected chi connectivity index (χ3v) is 6.02. The third-order valence-electron chi connectivity index (χ3n) is 6.02. The smallest absolute Gasteiger partial charge is 0.235 e. The Morgan fingerprint density at radius 2 is 1.93 bits per heavy atom. The number of rotatable bonds is 5. The molecule has 1 saturated carbocycles. The lowest BCUT2D eigenvalue weighted by molar-refractivity contribution is -0.122. The average molecular weight is 378 g/mol. The summed E-state index contributed by atoms with van der Waals surface area (Å²) in [5.74, 6) is 0.874. The van der Waals surface area contributed by atoms with Crippen LogP contribution in [0.3, 0.4) is 0 Å². The average Bonchev–Trinajstić information content (AvgIpc) is 2.98. The largest absolute Gasteiger partial charge is 0.496 e. The Morgan fingerprint density at radius 3 is 2.71 bits per heavy atom. The van der Waals surface area contributed by atoms with Gasteiger partial charge >= 0.3 is 0 Å². The molecule has 5 nitrogen and oxygen atoms in total. The molecule has 5 heteroatoms. The van der Waals surface area contributed by atoms with Gasteiger partial charge in [-0.3, -0.25) is 9.59 Å². The van der Waals surface area contributed by atoms with Crippen molar-refractivity contribution >= 4 is 23.2 Å². The van der Waals surface area contributed by atoms with E-state index < -0.39 is 5.41 Å². The molecule has 0 bridgehead atoms. The van der Waals surface area contributed by atoms with Crippen LogP contribution in [0.2, 0.25) is 0 Å². The summed E-state index contributed by atoms with van der Waals surface area (Å²) in [4.78, 5) is 25.1. The van der Waals surface area contributed by atoms with Crippen LogP contribution in [0, 0.1) is 0 Å². The lowest BCUT2D eigenvalue weighted by atomic mass is 9.70. The zero-order valence-corrected chi connectivity index (χ0v) is 16.2. The third kappa shape index (κ3) is 3.37. The first kappa shape index (κ1) is 18.5. The first-order valence-electron chi connectivity index (χ1n) is 10.0. The number of hydrogen-bond acceptors (Lipinski definition) is 3. The number of fused-ring (bicyclic) bond motifs is 2. The van der Waals surface area contributed by atoms with Gasteiger partial charge in [0.2, 0.25) is 11.8 Å². The molecule has 0 radical (unpaired) electrons. The molecule has 2 amide bonds. The highest BCUT2D eigenvalue weighted by atomic mass is 16.5. The van der Waals surface area contributed by atoms with Crippen LogP contribution >= 0.6 is 0 Å². The molecule has 4 rings (SSSR count). The molecule has 0 unspecified atom stereocenters. The highest BCUT2D eigenvalue weighted by molar-refractivity contribution is 6.07. The van der Waals surface area contributed by atoms with Crippen molar-refractivity contribution in [1.82, 2.24) is 0 Å². The lowest BCUT2D eigenvalue weighted by Gasteiger charge is -2.31. The van der Waals surface area contributed by atoms with E-state index in [1.54, 1.807) is 7.11 Å². The number of benzene rings is 2. The molecule has 2 N–H and O–H groups in total. The van der Waals surface area contributed by atoms with Gasteiger partial charge in [0.05, 0.1) is 12.5 Å². The first-order chi connectivity index (χ1) is 13.6. The maximum absolute atomic E-state index is 12.7. The quantitative estimate of drug-likeness (QED) is 0.809. The van der Waals surface area contributed by atoms with Crippen LogP contribution in [0.5, 0.6) is 5.75 Å². The van der Waals surface area contributed by atoms with Gasteiger partial charge in [-0.25, -0.2) is 0 Å². The van der Waals surface area contributed by atoms with Crippen molar-refractivity contribution in [1.29, 1.82) is 0 Å². The van der Waals surface area contributed by atoms with Gasteiger partial charge < -0.3 is 15.4 Å². The van der Waals surface area contributed by atoms with Gasteiger partial charge in [0.25, 0.3) is 0 Å². The number of amides is 2. The maximum atomic E-state index is 12.7. The van der Waals surface area contributed by atoms with Crippen LogP contribution in [0.4, 0.5) is 11.4 Å². The fourth-order valence-electron chi connectivity index (χ4n) is 4.52. The van der Waals surface area contributed by atoms with Crippen molar-refractivity contribution in [2.45, 2.75) is 50.4 Å². The van der Waals surface area contributed by atoms with Crippen LogP contribution < -0.4 is 15.4 Å². The zero-order valence-electron chi connectivity index (χ0n) is 16.2. The topological polar surface area (TPSA) is 67.4 Å². The van der Waals surface area contributed by atoms with E-state index in [4.69, 9.17) is 4.74 Å². The van der Waals surface area contributed by atoms with E-state index in [1.165, 1.54) is 6.42 Å². The van der Waals surface area contributed by atoms with E-state index in [0.717, 1.165) is 53.9 Å². The molecular weight excluding hydrogens is 352 g/mol. The molecule has 0 atom stereocenters. The number of carbonyl (C=O) groups is 2. The van der Waals surface area contributed by atoms with Crippen LogP contribution in [-0.4, -0.2) is 18.9 Å². The van der Waals surface area contributed by atoms with E-state index in [9.17, 15) is 9.59 Å². The lowest BCUT2D eigenvalue weighted by Crippen LogP contribution is -2.36. The van der Waals surface area contributed by atoms with Crippen LogP contribution in [0.15, 0.2) is 42.5 Å². The fraction of sp³-hybridized carbons (Fsp3) is 0.391. The Balaban J connectivity index is 1.46. The standard InChI is InChI=1S/C23H26N2O3/c1-28-20-8-4-3-7-16(20)9-12-21(26)24-17-10-11-19-18(15-17)23(22(27)25-19)13-5-2-6-14-23/h3-4,7-8,10-11,15H,2,5-6,9,12-14H2,1H3,(H,24,26)(H,25,27). The Hall–Kier alpha value is -2.82. The zero-order chi connectivity index (χ0) is 19.6. The molecule has 1 spiro atoms. The van der Waals surface area contributed by atoms with Crippen molar-refractivity contribution in [3.8, 4) is 5.75 Å². The molecule has 2 aromatic carbocycles. The fourth-order valence-corrected chi connectivity index (χ4v) is 4.52. The summed E-state index contributed by atoms with van der Waals surface area (Å²) in [6.07, 6.45) is 6.09. The second-order valence-corrected chi connectivity index (χ2v) is 7.72. The maximum Gasteiger partial charge on any atom is 0.235 e. The predicted molar refractivity (Wildman–Crippen MR) is 110 cm³/mol. The predicted octanol–water partition coefficient (Wildman–Crippen LogP) is 4.42. The normalized spacial score (nSPS) is 17.1. The van der Waals surface area contributed by atoms with Crippen molar-refractivity contribution in [3.05, 3.63) is 53.6 Å². The van der Waals surface area contributed by atoms with Gasteiger partial charge in [-0.1, -0.05) is 37.5 Å². The molecule has 1 aliphatic heterocycles. The molecule has 0 saturated heterocycles. The summed E-state index contributed by atoms with van der Waals surface area (Å²) in [6.45, 7) is 0. The second-order valence-electron chi connectivity index (χ2n) is 7.72. The Morgan fingerprint density at radius 1 is 1.14 bits per heavy atom. The van der Waals surface area contributed by atoms with E-state index in [1.807, 2.05) is 42.5 Å². The van der Waals surface area contributed by atoms with Crippen molar-refractivity contribution in [3.63, 3.8) is 0 Å². The summed E-state index contributed by atoms with van der Waals surface area (Å²) in [5.41, 5.74) is 3.29. The van der Waals surface area contributed by atoms with Crippen molar-refractivity contribution < 1.29 is 14.3 Å². The Labute approximate surface area is 165 Å². The van der Waals surface area contributed by atoms with Gasteiger partial charge in [-0.15, -0.1) is 0 Å². The monoisotopic (exact) mass is 378 g/mol. The highest BCUT2D eigenvalue weighted by Crippen LogP contribution is 2.48. The summed E-state index contributed by atoms with van der Waals surface area (Å²) in [7, 11) is 1.64. The molecular formula is C23H26N2O3. The van der Waals surface area contributed by atoms with Crippen molar-refractivity contribution in [2.75, 3.05) is 17.7 Å². The Kier molecular flexibility index (Phi) is 5.07. The Bertz CT molecular complexity index is 900. The van der Waals surface area contributed by atoms with E-state index in [-0.39, 0.29) is 11.8 Å². The molecule has 1 heterocycles. The summed E-state index contributed by atoms with van der Waals surface area (Å²) < 4.78 is 5.35. The highest BCUT2D eigenvalue weighted by Gasteiger charge is 2.47. The van der Waals surface area contributed by atoms with Gasteiger partial charge in [0.15, 0.2) is 0 Å². The number of hydrogen-bond donors (Lipinski definition) is 2. The number of methoxy groups -OCH3 is 1. The number of ether oxygens (including phenoxy) is 1. The minimum Gasteiger partial charge on any atom is -0.496 e. The number of nitrogens with one attached hydrogen (secondary N) is 2. The van der Waals surface area contributed by atoms with Crippen molar-refractivity contribution in [2.24, 2.45) is 0 Å². The summed E-state index contributed by atoms with van der Waals surface area (Å²) in [5, 5.41) is 6.03. The van der Waals surface area contributed by atoms with E-state index >= 15 is 0 Å². The minimum absolute atomic E-state index is 0.0409. The SMILES string of the molecule is COc1ccccc1CCC(=O)Nc1ccc2c(c1)C1(CCCCC1)C(=O)N2. The minimum atomic E-state index is -0.411. The molecule has 1 aliphatic carbocycles. The number of para-hydroxylation sites is 1. The first-order valence-corrected chi connectivity index (χ1v) is 10.0. The summed E-state index contributed by atoms with van der Waals surface area (Å²) >= 11 is 0. The molecule has 1 fully saturated rings. The van der Waals surface area contributed by atoms with Gasteiger partial charge in [0.1, 0.15) is 5.75 Å². The summed E-state index contributed by atoms with van der Waals surface area (Å²) in [6, 6.07) is 13.5. The number of anilines is 2. The van der Waals surface area contributed by atoms with E-state index in [0.29, 0.717) is 12.8 Å². The molecule has 146 valence electrons. The number of aryl methyl sites for hydroxylation is 1. The van der Waals surface area contributed by atoms with Gasteiger partial charge in [-0.2, -0.15) is 0 Å². The molecule has 0 aromatic heterocycles. The van der Waals surface area contributed by atoms with E-state index in [2.05, 4.69) is 10.6 Å². The molecule has 2 aliphatic rings. The number of carbonyl (C=O) groups excluding carboxylic acids is 2. The van der Waals surface area contributed by atoms with Gasteiger partial charge in [0, 0.05) is 17.8 Å². The molecule has 28 heavy (non-hydrogen) atoms. The van der Waals surface area contributed by atoms with Crippen LogP contribution in [0.1, 0.15) is 49.7 Å². The van der Waals surface area contributed by atoms with Gasteiger partial charge in [-0.05, 0) is 54.7 Å². The molecule has 2 aromatic rings. The second kappa shape index (κ2) is 7.66. The van der Waals surface area contributed by atoms with Crippen LogP contribution in [-0.2, 0) is 21.4 Å². The van der Waals surface area contributed by atoms with Crippen LogP contribution in [0.25, 0.3) is 0 Å².